The lowest BCUT2D eigenvalue weighted by Crippen LogP contribution is -2.45. The fraction of sp³-hybridized carbons (Fsp3) is 0.417. The van der Waals surface area contributed by atoms with Gasteiger partial charge in [-0.05, 0) is 7.05 Å². The van der Waals surface area contributed by atoms with Gasteiger partial charge in [0.15, 0.2) is 5.69 Å². The molecular formula is C12H15N5O6. The van der Waals surface area contributed by atoms with Gasteiger partial charge < -0.3 is 9.80 Å². The Morgan fingerprint density at radius 2 is 1.61 bits per heavy atom. The zero-order chi connectivity index (χ0) is 17.1. The van der Waals surface area contributed by atoms with Crippen molar-refractivity contribution in [3.63, 3.8) is 0 Å². The zero-order valence-corrected chi connectivity index (χ0v) is 12.3. The number of nitrogens with one attached hydrogen (secondary N) is 1. The Bertz CT molecular complexity index is 620. The summed E-state index contributed by atoms with van der Waals surface area (Å²) in [7, 11) is 1.88. The van der Waals surface area contributed by atoms with Gasteiger partial charge in [-0.2, -0.15) is 0 Å². The molecule has 0 bridgehead atoms. The van der Waals surface area contributed by atoms with Crippen LogP contribution in [0, 0.1) is 20.2 Å². The normalized spacial score (nSPS) is 15.3. The first-order chi connectivity index (χ1) is 10.8. The minimum atomic E-state index is -1.05. The van der Waals surface area contributed by atoms with Crippen LogP contribution in [0.3, 0.4) is 0 Å². The molecule has 0 aliphatic carbocycles. The fourth-order valence-corrected chi connectivity index (χ4v) is 2.43. The summed E-state index contributed by atoms with van der Waals surface area (Å²) < 4.78 is 0. The van der Waals surface area contributed by atoms with Crippen molar-refractivity contribution in [1.29, 1.82) is 0 Å². The second-order valence-corrected chi connectivity index (χ2v) is 5.11. The Balaban J connectivity index is 2.60. The van der Waals surface area contributed by atoms with E-state index in [1.54, 1.807) is 4.90 Å². The molecular weight excluding hydrogens is 310 g/mol. The number of hydrogen-bond donors (Lipinski definition) is 2. The molecule has 1 aliphatic heterocycles. The minimum Gasteiger partial charge on any atom is -0.358 e. The first kappa shape index (κ1) is 16.6. The van der Waals surface area contributed by atoms with Gasteiger partial charge in [-0.15, -0.1) is 0 Å². The van der Waals surface area contributed by atoms with E-state index in [4.69, 9.17) is 5.21 Å². The quantitative estimate of drug-likeness (QED) is 0.459. The maximum absolute atomic E-state index is 11.5. The number of likely N-dealkylation sites (N-methyl/N-ethyl adjacent to an activating group) is 1. The van der Waals surface area contributed by atoms with Gasteiger partial charge in [0.25, 0.3) is 17.3 Å². The molecule has 2 N–H and O–H groups in total. The van der Waals surface area contributed by atoms with Gasteiger partial charge in [-0.3, -0.25) is 30.2 Å². The highest BCUT2D eigenvalue weighted by atomic mass is 16.6. The standard InChI is InChI=1S/C12H15N5O6/c1-14-2-4-15(5-3-14)11-9(16(20)21)6-8(12(18)13-19)7-10(11)17(22)23/h6-7,19H,2-5H2,1H3,(H,13,18). The number of rotatable bonds is 4. The van der Waals surface area contributed by atoms with Gasteiger partial charge in [0.05, 0.1) is 15.4 Å². The molecule has 0 aromatic heterocycles. The van der Waals surface area contributed by atoms with E-state index in [-0.39, 0.29) is 11.3 Å². The van der Waals surface area contributed by atoms with Gasteiger partial charge in [-0.25, -0.2) is 5.48 Å². The van der Waals surface area contributed by atoms with Crippen LogP contribution in [0.5, 0.6) is 0 Å². The number of nitro groups is 2. The average molecular weight is 325 g/mol. The third-order valence-corrected chi connectivity index (χ3v) is 3.65. The summed E-state index contributed by atoms with van der Waals surface area (Å²) in [6.07, 6.45) is 0. The van der Waals surface area contributed by atoms with Crippen molar-refractivity contribution >= 4 is 23.0 Å². The van der Waals surface area contributed by atoms with Crippen LogP contribution >= 0.6 is 0 Å². The van der Waals surface area contributed by atoms with Crippen LogP contribution in [0.2, 0.25) is 0 Å². The van der Waals surface area contributed by atoms with Crippen molar-refractivity contribution in [2.45, 2.75) is 0 Å². The van der Waals surface area contributed by atoms with Crippen LogP contribution in [-0.4, -0.2) is 59.1 Å². The Morgan fingerprint density at radius 1 is 1.13 bits per heavy atom. The highest BCUT2D eigenvalue weighted by molar-refractivity contribution is 5.97. The van der Waals surface area contributed by atoms with Crippen LogP contribution in [0.1, 0.15) is 10.4 Å². The number of nitrogens with zero attached hydrogens (tertiary/aromatic N) is 4. The summed E-state index contributed by atoms with van der Waals surface area (Å²) in [5.41, 5.74) is -0.245. The summed E-state index contributed by atoms with van der Waals surface area (Å²) in [5, 5.41) is 31.3. The third kappa shape index (κ3) is 3.35. The molecule has 1 aliphatic rings. The predicted molar refractivity (Wildman–Crippen MR) is 78.7 cm³/mol. The van der Waals surface area contributed by atoms with Crippen molar-refractivity contribution in [2.75, 3.05) is 38.1 Å². The number of anilines is 1. The number of nitro benzene ring substituents is 2. The monoisotopic (exact) mass is 325 g/mol. The van der Waals surface area contributed by atoms with Crippen LogP contribution < -0.4 is 10.4 Å². The number of hydrogen-bond acceptors (Lipinski definition) is 8. The van der Waals surface area contributed by atoms with E-state index in [1.165, 1.54) is 5.48 Å². The Kier molecular flexibility index (Phi) is 4.71. The summed E-state index contributed by atoms with van der Waals surface area (Å²) in [6, 6.07) is 1.85. The van der Waals surface area contributed by atoms with E-state index >= 15 is 0 Å². The molecule has 0 atom stereocenters. The van der Waals surface area contributed by atoms with Crippen molar-refractivity contribution in [3.05, 3.63) is 37.9 Å². The Hall–Kier alpha value is -2.79. The molecule has 0 unspecified atom stereocenters. The largest absolute Gasteiger partial charge is 0.358 e. The van der Waals surface area contributed by atoms with Crippen molar-refractivity contribution < 1.29 is 19.8 Å². The first-order valence-corrected chi connectivity index (χ1v) is 6.70. The van der Waals surface area contributed by atoms with E-state index in [0.29, 0.717) is 26.2 Å². The van der Waals surface area contributed by atoms with Crippen LogP contribution in [0.25, 0.3) is 0 Å². The van der Waals surface area contributed by atoms with Crippen LogP contribution in [0.4, 0.5) is 17.1 Å². The van der Waals surface area contributed by atoms with Crippen molar-refractivity contribution in [3.8, 4) is 0 Å². The van der Waals surface area contributed by atoms with Gasteiger partial charge in [-0.1, -0.05) is 0 Å². The molecule has 1 amide bonds. The number of carbonyl (C=O) groups is 1. The average Bonchev–Trinajstić information content (AvgIpc) is 2.53. The number of hydroxylamine groups is 1. The van der Waals surface area contributed by atoms with Crippen LogP contribution in [-0.2, 0) is 0 Å². The minimum absolute atomic E-state index is 0.123. The highest BCUT2D eigenvalue weighted by Crippen LogP contribution is 2.39. The molecule has 11 heteroatoms. The molecule has 0 saturated carbocycles. The molecule has 0 spiro atoms. The van der Waals surface area contributed by atoms with Gasteiger partial charge in [0.2, 0.25) is 0 Å². The lowest BCUT2D eigenvalue weighted by atomic mass is 10.1. The second-order valence-electron chi connectivity index (χ2n) is 5.11. The lowest BCUT2D eigenvalue weighted by molar-refractivity contribution is -0.392. The number of amides is 1. The molecule has 124 valence electrons. The van der Waals surface area contributed by atoms with E-state index in [2.05, 4.69) is 0 Å². The third-order valence-electron chi connectivity index (χ3n) is 3.65. The summed E-state index contributed by atoms with van der Waals surface area (Å²) in [5.74, 6) is -1.05. The molecule has 0 radical (unpaired) electrons. The molecule has 23 heavy (non-hydrogen) atoms. The fourth-order valence-electron chi connectivity index (χ4n) is 2.43. The number of carbonyl (C=O) groups excluding carboxylic acids is 1. The first-order valence-electron chi connectivity index (χ1n) is 6.70. The van der Waals surface area contributed by atoms with Gasteiger partial charge in [0, 0.05) is 38.3 Å². The second kappa shape index (κ2) is 6.54. The maximum atomic E-state index is 11.5. The zero-order valence-electron chi connectivity index (χ0n) is 12.3. The van der Waals surface area contributed by atoms with Gasteiger partial charge >= 0.3 is 0 Å². The lowest BCUT2D eigenvalue weighted by Gasteiger charge is -2.33. The molecule has 11 nitrogen and oxygen atoms in total. The Morgan fingerprint density at radius 3 is 2.00 bits per heavy atom. The smallest absolute Gasteiger partial charge is 0.300 e. The molecule has 2 rings (SSSR count). The van der Waals surface area contributed by atoms with Crippen LogP contribution in [0.15, 0.2) is 12.1 Å². The topological polar surface area (TPSA) is 142 Å². The van der Waals surface area contributed by atoms with Crippen molar-refractivity contribution in [1.82, 2.24) is 10.4 Å². The van der Waals surface area contributed by atoms with E-state index in [0.717, 1.165) is 12.1 Å². The van der Waals surface area contributed by atoms with E-state index in [9.17, 15) is 25.0 Å². The molecule has 1 aromatic rings. The Labute approximate surface area is 130 Å². The van der Waals surface area contributed by atoms with E-state index < -0.39 is 27.1 Å². The summed E-state index contributed by atoms with van der Waals surface area (Å²) in [4.78, 5) is 36.1. The SMILES string of the molecule is CN1CCN(c2c([N+](=O)[O-])cc(C(=O)NO)cc2[N+](=O)[O-])CC1. The molecule has 1 fully saturated rings. The number of piperazine rings is 1. The van der Waals surface area contributed by atoms with Crippen molar-refractivity contribution in [2.24, 2.45) is 0 Å². The molecule has 1 aromatic carbocycles. The summed E-state index contributed by atoms with van der Waals surface area (Å²) >= 11 is 0. The molecule has 1 saturated heterocycles. The molecule has 1 heterocycles. The number of benzene rings is 1. The van der Waals surface area contributed by atoms with Gasteiger partial charge in [0.1, 0.15) is 0 Å². The predicted octanol–water partition coefficient (Wildman–Crippen LogP) is 0.374. The highest BCUT2D eigenvalue weighted by Gasteiger charge is 2.33. The maximum Gasteiger partial charge on any atom is 0.300 e. The summed E-state index contributed by atoms with van der Waals surface area (Å²) in [6.45, 7) is 1.99. The van der Waals surface area contributed by atoms with E-state index in [1.807, 2.05) is 11.9 Å².